The Morgan fingerprint density at radius 2 is 1.71 bits per heavy atom. The summed E-state index contributed by atoms with van der Waals surface area (Å²) < 4.78 is 0. The van der Waals surface area contributed by atoms with Crippen molar-refractivity contribution in [1.82, 2.24) is 5.32 Å². The molecule has 2 nitrogen and oxygen atoms in total. The maximum Gasteiger partial charge on any atom is 0.0772 e. The molecule has 1 saturated carbocycles. The number of aliphatic hydroxyl groups is 1. The minimum atomic E-state index is -0.482. The fourth-order valence-corrected chi connectivity index (χ4v) is 4.01. The summed E-state index contributed by atoms with van der Waals surface area (Å²) in [5.74, 6) is 1.44. The first-order chi connectivity index (χ1) is 10.1. The zero-order chi connectivity index (χ0) is 14.9. The lowest BCUT2D eigenvalue weighted by Crippen LogP contribution is -2.44. The molecule has 3 rings (SSSR count). The molecule has 2 heteroatoms. The van der Waals surface area contributed by atoms with Gasteiger partial charge in [0.1, 0.15) is 0 Å². The molecule has 2 aliphatic rings. The quantitative estimate of drug-likeness (QED) is 0.875. The molecule has 0 aromatic heterocycles. The number of hydrogen-bond acceptors (Lipinski definition) is 2. The van der Waals surface area contributed by atoms with Crippen molar-refractivity contribution in [2.75, 3.05) is 6.54 Å². The third kappa shape index (κ3) is 3.32. The molecule has 1 aromatic carbocycles. The van der Waals surface area contributed by atoms with E-state index in [1.807, 2.05) is 0 Å². The first-order valence-corrected chi connectivity index (χ1v) is 8.62. The minimum absolute atomic E-state index is 0.417. The first-order valence-electron chi connectivity index (χ1n) is 8.62. The number of hydrogen-bond donors (Lipinski definition) is 2. The Hall–Kier alpha value is -0.860. The predicted molar refractivity (Wildman–Crippen MR) is 87.4 cm³/mol. The van der Waals surface area contributed by atoms with Gasteiger partial charge in [0.2, 0.25) is 0 Å². The zero-order valence-electron chi connectivity index (χ0n) is 13.4. The second-order valence-corrected chi connectivity index (χ2v) is 7.45. The Balaban J connectivity index is 1.65. The maximum absolute atomic E-state index is 10.8. The second kappa shape index (κ2) is 6.10. The largest absolute Gasteiger partial charge is 0.389 e. The summed E-state index contributed by atoms with van der Waals surface area (Å²) in [6, 6.07) is 9.23. The average molecular weight is 287 g/mol. The minimum Gasteiger partial charge on any atom is -0.389 e. The van der Waals surface area contributed by atoms with Crippen molar-refractivity contribution in [2.24, 2.45) is 5.92 Å². The Bertz CT molecular complexity index is 476. The molecular formula is C19H29NO. The lowest BCUT2D eigenvalue weighted by atomic mass is 9.78. The highest BCUT2D eigenvalue weighted by atomic mass is 16.3. The predicted octanol–water partition coefficient (Wildman–Crippen LogP) is 4.16. The van der Waals surface area contributed by atoms with Crippen LogP contribution in [-0.2, 0) is 0 Å². The van der Waals surface area contributed by atoms with E-state index in [0.717, 1.165) is 38.1 Å². The SMILES string of the molecule is CC1CCC(O)(CNC2CCC(C)c3ccccc32)CC1. The summed E-state index contributed by atoms with van der Waals surface area (Å²) in [6.07, 6.45) is 6.65. The van der Waals surface area contributed by atoms with Gasteiger partial charge in [-0.2, -0.15) is 0 Å². The van der Waals surface area contributed by atoms with Crippen LogP contribution in [0.2, 0.25) is 0 Å². The van der Waals surface area contributed by atoms with E-state index in [1.165, 1.54) is 24.0 Å². The van der Waals surface area contributed by atoms with Crippen molar-refractivity contribution >= 4 is 0 Å². The van der Waals surface area contributed by atoms with Crippen LogP contribution in [-0.4, -0.2) is 17.3 Å². The Labute approximate surface area is 129 Å². The Morgan fingerprint density at radius 3 is 2.43 bits per heavy atom. The van der Waals surface area contributed by atoms with Gasteiger partial charge in [0.25, 0.3) is 0 Å². The highest BCUT2D eigenvalue weighted by Crippen LogP contribution is 2.38. The van der Waals surface area contributed by atoms with Crippen LogP contribution in [0, 0.1) is 5.92 Å². The van der Waals surface area contributed by atoms with Gasteiger partial charge in [-0.25, -0.2) is 0 Å². The van der Waals surface area contributed by atoms with Crippen LogP contribution in [0.3, 0.4) is 0 Å². The fraction of sp³-hybridized carbons (Fsp3) is 0.684. The van der Waals surface area contributed by atoms with Crippen molar-refractivity contribution in [2.45, 2.75) is 69.9 Å². The van der Waals surface area contributed by atoms with Crippen molar-refractivity contribution in [3.8, 4) is 0 Å². The number of nitrogens with one attached hydrogen (secondary N) is 1. The van der Waals surface area contributed by atoms with E-state index in [-0.39, 0.29) is 0 Å². The van der Waals surface area contributed by atoms with Gasteiger partial charge in [0.05, 0.1) is 5.60 Å². The van der Waals surface area contributed by atoms with Crippen LogP contribution < -0.4 is 5.32 Å². The number of fused-ring (bicyclic) bond motifs is 1. The Kier molecular flexibility index (Phi) is 4.37. The standard InChI is InChI=1S/C19H29NO/c1-14-9-11-19(21,12-10-14)13-20-18-8-7-15(2)16-5-3-4-6-17(16)18/h3-6,14-15,18,20-21H,7-13H2,1-2H3. The second-order valence-electron chi connectivity index (χ2n) is 7.45. The van der Waals surface area contributed by atoms with Gasteiger partial charge in [-0.15, -0.1) is 0 Å². The van der Waals surface area contributed by atoms with Gasteiger partial charge in [0.15, 0.2) is 0 Å². The Morgan fingerprint density at radius 1 is 1.05 bits per heavy atom. The van der Waals surface area contributed by atoms with E-state index >= 15 is 0 Å². The molecule has 0 spiro atoms. The average Bonchev–Trinajstić information content (AvgIpc) is 2.50. The lowest BCUT2D eigenvalue weighted by molar-refractivity contribution is -0.00866. The van der Waals surface area contributed by atoms with Crippen molar-refractivity contribution < 1.29 is 5.11 Å². The normalized spacial score (nSPS) is 36.2. The monoisotopic (exact) mass is 287 g/mol. The van der Waals surface area contributed by atoms with E-state index in [4.69, 9.17) is 0 Å². The summed E-state index contributed by atoms with van der Waals surface area (Å²) in [4.78, 5) is 0. The summed E-state index contributed by atoms with van der Waals surface area (Å²) >= 11 is 0. The molecule has 1 aromatic rings. The summed E-state index contributed by atoms with van der Waals surface area (Å²) in [5, 5.41) is 14.4. The molecule has 0 amide bonds. The van der Waals surface area contributed by atoms with Crippen LogP contribution >= 0.6 is 0 Å². The molecule has 2 N–H and O–H groups in total. The van der Waals surface area contributed by atoms with Gasteiger partial charge in [0, 0.05) is 12.6 Å². The smallest absolute Gasteiger partial charge is 0.0772 e. The zero-order valence-corrected chi connectivity index (χ0v) is 13.4. The molecule has 0 heterocycles. The van der Waals surface area contributed by atoms with Crippen LogP contribution in [0.1, 0.15) is 75.5 Å². The lowest BCUT2D eigenvalue weighted by Gasteiger charge is -2.38. The van der Waals surface area contributed by atoms with Gasteiger partial charge < -0.3 is 10.4 Å². The number of rotatable bonds is 3. The van der Waals surface area contributed by atoms with Crippen LogP contribution in [0.25, 0.3) is 0 Å². The molecule has 2 unspecified atom stereocenters. The highest BCUT2D eigenvalue weighted by molar-refractivity contribution is 5.34. The highest BCUT2D eigenvalue weighted by Gasteiger charge is 2.33. The van der Waals surface area contributed by atoms with E-state index in [0.29, 0.717) is 12.0 Å². The third-order valence-electron chi connectivity index (χ3n) is 5.67. The van der Waals surface area contributed by atoms with Gasteiger partial charge >= 0.3 is 0 Å². The molecule has 2 atom stereocenters. The summed E-state index contributed by atoms with van der Waals surface area (Å²) in [6.45, 7) is 5.37. The van der Waals surface area contributed by atoms with Crippen LogP contribution in [0.5, 0.6) is 0 Å². The van der Waals surface area contributed by atoms with Crippen molar-refractivity contribution in [3.05, 3.63) is 35.4 Å². The molecular weight excluding hydrogens is 258 g/mol. The molecule has 1 fully saturated rings. The van der Waals surface area contributed by atoms with Crippen LogP contribution in [0.15, 0.2) is 24.3 Å². The van der Waals surface area contributed by atoms with Crippen molar-refractivity contribution in [3.63, 3.8) is 0 Å². The summed E-state index contributed by atoms with van der Waals surface area (Å²) in [5.41, 5.74) is 2.46. The van der Waals surface area contributed by atoms with Gasteiger partial charge in [-0.05, 0) is 61.5 Å². The molecule has 0 aliphatic heterocycles. The first kappa shape index (κ1) is 15.1. The fourth-order valence-electron chi connectivity index (χ4n) is 4.01. The van der Waals surface area contributed by atoms with Gasteiger partial charge in [-0.3, -0.25) is 0 Å². The number of benzene rings is 1. The molecule has 0 bridgehead atoms. The third-order valence-corrected chi connectivity index (χ3v) is 5.67. The van der Waals surface area contributed by atoms with E-state index in [9.17, 15) is 5.11 Å². The molecule has 21 heavy (non-hydrogen) atoms. The maximum atomic E-state index is 10.8. The van der Waals surface area contributed by atoms with E-state index in [2.05, 4.69) is 43.4 Å². The topological polar surface area (TPSA) is 32.3 Å². The molecule has 2 aliphatic carbocycles. The van der Waals surface area contributed by atoms with E-state index in [1.54, 1.807) is 0 Å². The van der Waals surface area contributed by atoms with Crippen LogP contribution in [0.4, 0.5) is 0 Å². The van der Waals surface area contributed by atoms with Gasteiger partial charge in [-0.1, -0.05) is 38.1 Å². The molecule has 0 saturated heterocycles. The van der Waals surface area contributed by atoms with Crippen molar-refractivity contribution in [1.29, 1.82) is 0 Å². The summed E-state index contributed by atoms with van der Waals surface area (Å²) in [7, 11) is 0. The van der Waals surface area contributed by atoms with E-state index < -0.39 is 5.60 Å². The molecule has 116 valence electrons. The molecule has 0 radical (unpaired) electrons.